The van der Waals surface area contributed by atoms with Crippen LogP contribution in [0.15, 0.2) is 48.7 Å². The van der Waals surface area contributed by atoms with Crippen LogP contribution in [-0.4, -0.2) is 28.9 Å². The number of carbonyl (C=O) groups excluding carboxylic acids is 1. The molecule has 2 heterocycles. The van der Waals surface area contributed by atoms with Crippen molar-refractivity contribution >= 4 is 11.8 Å². The molecule has 0 unspecified atom stereocenters. The molecular formula is C16H18N4O2. The number of aromatic nitrogens is 2. The van der Waals surface area contributed by atoms with E-state index in [9.17, 15) is 4.79 Å². The second kappa shape index (κ2) is 7.00. The first-order chi connectivity index (χ1) is 10.8. The van der Waals surface area contributed by atoms with Crippen LogP contribution in [0, 0.1) is 0 Å². The van der Waals surface area contributed by atoms with Crippen LogP contribution in [0.4, 0.5) is 10.6 Å². The molecule has 0 radical (unpaired) electrons. The third-order valence-corrected chi connectivity index (χ3v) is 3.60. The predicted octanol–water partition coefficient (Wildman–Crippen LogP) is 2.52. The Morgan fingerprint density at radius 1 is 1.18 bits per heavy atom. The van der Waals surface area contributed by atoms with Crippen LogP contribution >= 0.6 is 0 Å². The number of benzene rings is 1. The number of ether oxygens (including phenoxy) is 1. The highest BCUT2D eigenvalue weighted by Crippen LogP contribution is 2.27. The lowest BCUT2D eigenvalue weighted by atomic mass is 9.97. The predicted molar refractivity (Wildman–Crippen MR) is 82.3 cm³/mol. The second-order valence-corrected chi connectivity index (χ2v) is 5.20. The van der Waals surface area contributed by atoms with Gasteiger partial charge in [-0.25, -0.2) is 4.79 Å². The Kier molecular flexibility index (Phi) is 4.60. The molecule has 0 saturated carbocycles. The summed E-state index contributed by atoms with van der Waals surface area (Å²) in [5, 5.41) is 13.2. The molecule has 0 bridgehead atoms. The zero-order valence-electron chi connectivity index (χ0n) is 12.1. The lowest BCUT2D eigenvalue weighted by molar-refractivity contribution is 0.00253. The summed E-state index contributed by atoms with van der Waals surface area (Å²) in [5.74, 6) is 0.437. The number of rotatable bonds is 3. The van der Waals surface area contributed by atoms with E-state index in [-0.39, 0.29) is 18.2 Å². The van der Waals surface area contributed by atoms with Gasteiger partial charge >= 0.3 is 6.03 Å². The number of hydrogen-bond acceptors (Lipinski definition) is 4. The van der Waals surface area contributed by atoms with Gasteiger partial charge in [-0.3, -0.25) is 5.32 Å². The van der Waals surface area contributed by atoms with Gasteiger partial charge in [-0.15, -0.1) is 5.10 Å². The van der Waals surface area contributed by atoms with E-state index in [2.05, 4.69) is 20.8 Å². The summed E-state index contributed by atoms with van der Waals surface area (Å²) < 4.78 is 5.80. The molecule has 3 rings (SSSR count). The van der Waals surface area contributed by atoms with E-state index < -0.39 is 0 Å². The number of nitrogens with one attached hydrogen (secondary N) is 2. The van der Waals surface area contributed by atoms with Crippen molar-refractivity contribution in [2.75, 3.05) is 11.9 Å². The zero-order valence-corrected chi connectivity index (χ0v) is 12.1. The van der Waals surface area contributed by atoms with Gasteiger partial charge in [0.1, 0.15) is 0 Å². The van der Waals surface area contributed by atoms with Crippen molar-refractivity contribution in [3.63, 3.8) is 0 Å². The van der Waals surface area contributed by atoms with E-state index in [1.165, 1.54) is 0 Å². The van der Waals surface area contributed by atoms with Crippen LogP contribution < -0.4 is 10.6 Å². The Hall–Kier alpha value is -2.47. The van der Waals surface area contributed by atoms with Gasteiger partial charge in [-0.2, -0.15) is 5.10 Å². The van der Waals surface area contributed by atoms with Gasteiger partial charge in [-0.05, 0) is 30.5 Å². The van der Waals surface area contributed by atoms with Crippen molar-refractivity contribution in [1.29, 1.82) is 0 Å². The number of amides is 2. The molecule has 6 heteroatoms. The molecule has 1 fully saturated rings. The molecule has 2 atom stereocenters. The van der Waals surface area contributed by atoms with Crippen LogP contribution in [-0.2, 0) is 4.74 Å². The second-order valence-electron chi connectivity index (χ2n) is 5.20. The molecule has 2 aromatic rings. The quantitative estimate of drug-likeness (QED) is 0.913. The third-order valence-electron chi connectivity index (χ3n) is 3.60. The molecule has 1 aromatic heterocycles. The fourth-order valence-corrected chi connectivity index (χ4v) is 2.53. The van der Waals surface area contributed by atoms with Gasteiger partial charge in [0, 0.05) is 18.8 Å². The SMILES string of the molecule is O=C(Nc1cccnn1)N[C@H]1CCO[C@H](c2ccccc2)C1. The van der Waals surface area contributed by atoms with E-state index in [0.29, 0.717) is 12.4 Å². The van der Waals surface area contributed by atoms with Crippen molar-refractivity contribution in [3.8, 4) is 0 Å². The first kappa shape index (κ1) is 14.5. The summed E-state index contributed by atoms with van der Waals surface area (Å²) in [6, 6.07) is 13.3. The van der Waals surface area contributed by atoms with Crippen molar-refractivity contribution in [2.45, 2.75) is 25.0 Å². The molecule has 1 saturated heterocycles. The summed E-state index contributed by atoms with van der Waals surface area (Å²) in [4.78, 5) is 12.0. The summed E-state index contributed by atoms with van der Waals surface area (Å²) in [5.41, 5.74) is 1.14. The molecule has 22 heavy (non-hydrogen) atoms. The van der Waals surface area contributed by atoms with E-state index in [1.807, 2.05) is 30.3 Å². The van der Waals surface area contributed by atoms with E-state index >= 15 is 0 Å². The molecule has 0 aliphatic carbocycles. The number of urea groups is 1. The lowest BCUT2D eigenvalue weighted by Crippen LogP contribution is -2.42. The maximum Gasteiger partial charge on any atom is 0.320 e. The van der Waals surface area contributed by atoms with Gasteiger partial charge in [0.2, 0.25) is 0 Å². The molecule has 1 aromatic carbocycles. The van der Waals surface area contributed by atoms with E-state index in [0.717, 1.165) is 18.4 Å². The van der Waals surface area contributed by atoms with Crippen LogP contribution in [0.25, 0.3) is 0 Å². The number of nitrogens with zero attached hydrogens (tertiary/aromatic N) is 2. The van der Waals surface area contributed by atoms with E-state index in [1.54, 1.807) is 18.3 Å². The van der Waals surface area contributed by atoms with Crippen molar-refractivity contribution < 1.29 is 9.53 Å². The standard InChI is InChI=1S/C16H18N4O2/c21-16(19-15-7-4-9-17-20-15)18-13-8-10-22-14(11-13)12-5-2-1-3-6-12/h1-7,9,13-14H,8,10-11H2,(H2,18,19,20,21)/t13-,14-/m0/s1. The molecule has 6 nitrogen and oxygen atoms in total. The minimum atomic E-state index is -0.265. The highest BCUT2D eigenvalue weighted by Gasteiger charge is 2.25. The number of anilines is 1. The van der Waals surface area contributed by atoms with Gasteiger partial charge < -0.3 is 10.1 Å². The van der Waals surface area contributed by atoms with Gasteiger partial charge in [0.25, 0.3) is 0 Å². The summed E-state index contributed by atoms with van der Waals surface area (Å²) in [7, 11) is 0. The third kappa shape index (κ3) is 3.79. The highest BCUT2D eigenvalue weighted by atomic mass is 16.5. The van der Waals surface area contributed by atoms with Crippen LogP contribution in [0.3, 0.4) is 0 Å². The first-order valence-corrected chi connectivity index (χ1v) is 7.33. The minimum absolute atomic E-state index is 0.0248. The molecule has 1 aliphatic rings. The van der Waals surface area contributed by atoms with Crippen molar-refractivity contribution in [2.24, 2.45) is 0 Å². The molecule has 0 spiro atoms. The van der Waals surface area contributed by atoms with Gasteiger partial charge in [0.05, 0.1) is 6.10 Å². The van der Waals surface area contributed by atoms with Gasteiger partial charge in [-0.1, -0.05) is 30.3 Å². The Morgan fingerprint density at radius 2 is 2.05 bits per heavy atom. The fraction of sp³-hybridized carbons (Fsp3) is 0.312. The monoisotopic (exact) mass is 298 g/mol. The Bertz CT molecular complexity index is 606. The summed E-state index contributed by atoms with van der Waals surface area (Å²) >= 11 is 0. The average molecular weight is 298 g/mol. The zero-order chi connectivity index (χ0) is 15.2. The largest absolute Gasteiger partial charge is 0.373 e. The molecular weight excluding hydrogens is 280 g/mol. The maximum atomic E-state index is 12.0. The Morgan fingerprint density at radius 3 is 2.82 bits per heavy atom. The lowest BCUT2D eigenvalue weighted by Gasteiger charge is -2.30. The normalized spacial score (nSPS) is 21.1. The summed E-state index contributed by atoms with van der Waals surface area (Å²) in [6.07, 6.45) is 3.15. The molecule has 114 valence electrons. The Balaban J connectivity index is 1.55. The maximum absolute atomic E-state index is 12.0. The number of carbonyl (C=O) groups is 1. The minimum Gasteiger partial charge on any atom is -0.373 e. The van der Waals surface area contributed by atoms with Crippen LogP contribution in [0.2, 0.25) is 0 Å². The number of hydrogen-bond donors (Lipinski definition) is 2. The molecule has 1 aliphatic heterocycles. The van der Waals surface area contributed by atoms with Gasteiger partial charge in [0.15, 0.2) is 5.82 Å². The van der Waals surface area contributed by atoms with E-state index in [4.69, 9.17) is 4.74 Å². The summed E-state index contributed by atoms with van der Waals surface area (Å²) in [6.45, 7) is 0.635. The topological polar surface area (TPSA) is 76.1 Å². The molecule has 2 amide bonds. The first-order valence-electron chi connectivity index (χ1n) is 7.33. The van der Waals surface area contributed by atoms with Crippen LogP contribution in [0.1, 0.15) is 24.5 Å². The van der Waals surface area contributed by atoms with Crippen molar-refractivity contribution in [3.05, 3.63) is 54.2 Å². The fourth-order valence-electron chi connectivity index (χ4n) is 2.53. The van der Waals surface area contributed by atoms with Crippen molar-refractivity contribution in [1.82, 2.24) is 15.5 Å². The van der Waals surface area contributed by atoms with Crippen LogP contribution in [0.5, 0.6) is 0 Å². The smallest absolute Gasteiger partial charge is 0.320 e. The average Bonchev–Trinajstić information content (AvgIpc) is 2.57. The Labute approximate surface area is 128 Å². The highest BCUT2D eigenvalue weighted by molar-refractivity contribution is 5.88. The molecule has 2 N–H and O–H groups in total.